The number of nitrogens with zero attached hydrogens (tertiary/aromatic N) is 2. The number of carbonyl (C=O) groups excluding carboxylic acids is 1. The van der Waals surface area contributed by atoms with Gasteiger partial charge in [0.05, 0.1) is 12.1 Å². The highest BCUT2D eigenvalue weighted by Gasteiger charge is 2.18. The third-order valence-electron chi connectivity index (χ3n) is 2.73. The first kappa shape index (κ1) is 14.9. The Morgan fingerprint density at radius 3 is 2.62 bits per heavy atom. The van der Waals surface area contributed by atoms with Gasteiger partial charge in [-0.3, -0.25) is 9.69 Å². The Labute approximate surface area is 98.6 Å². The van der Waals surface area contributed by atoms with Crippen molar-refractivity contribution in [1.82, 2.24) is 10.2 Å². The molecular formula is C12H23N3O. The van der Waals surface area contributed by atoms with E-state index < -0.39 is 0 Å². The monoisotopic (exact) mass is 225 g/mol. The zero-order valence-corrected chi connectivity index (χ0v) is 10.8. The van der Waals surface area contributed by atoms with Crippen LogP contribution in [0.25, 0.3) is 0 Å². The molecule has 1 N–H and O–H groups in total. The van der Waals surface area contributed by atoms with Gasteiger partial charge in [0.1, 0.15) is 0 Å². The Morgan fingerprint density at radius 2 is 2.12 bits per heavy atom. The van der Waals surface area contributed by atoms with Crippen LogP contribution in [-0.2, 0) is 4.79 Å². The third kappa shape index (κ3) is 5.72. The van der Waals surface area contributed by atoms with E-state index in [2.05, 4.69) is 18.3 Å². The van der Waals surface area contributed by atoms with Crippen LogP contribution in [0.2, 0.25) is 0 Å². The summed E-state index contributed by atoms with van der Waals surface area (Å²) in [6, 6.07) is 2.13. The van der Waals surface area contributed by atoms with Crippen LogP contribution in [0.1, 0.15) is 40.0 Å². The molecule has 92 valence electrons. The van der Waals surface area contributed by atoms with Gasteiger partial charge in [0.2, 0.25) is 5.91 Å². The van der Waals surface area contributed by atoms with Crippen molar-refractivity contribution in [3.63, 3.8) is 0 Å². The minimum Gasteiger partial charge on any atom is -0.352 e. The van der Waals surface area contributed by atoms with Gasteiger partial charge in [0.15, 0.2) is 0 Å². The Hall–Kier alpha value is -1.08. The van der Waals surface area contributed by atoms with Crippen LogP contribution >= 0.6 is 0 Å². The van der Waals surface area contributed by atoms with Crippen molar-refractivity contribution >= 4 is 5.91 Å². The quantitative estimate of drug-likeness (QED) is 0.715. The number of amides is 1. The molecule has 0 aliphatic heterocycles. The van der Waals surface area contributed by atoms with Crippen LogP contribution in [-0.4, -0.2) is 36.5 Å². The van der Waals surface area contributed by atoms with E-state index in [0.29, 0.717) is 13.0 Å². The fourth-order valence-electron chi connectivity index (χ4n) is 1.49. The average molecular weight is 225 g/mol. The van der Waals surface area contributed by atoms with E-state index in [-0.39, 0.29) is 18.0 Å². The molecule has 0 spiro atoms. The maximum absolute atomic E-state index is 11.8. The molecule has 0 rings (SSSR count). The van der Waals surface area contributed by atoms with Gasteiger partial charge in [0.25, 0.3) is 0 Å². The zero-order valence-electron chi connectivity index (χ0n) is 10.8. The first-order valence-corrected chi connectivity index (χ1v) is 5.90. The van der Waals surface area contributed by atoms with Crippen LogP contribution in [0.15, 0.2) is 0 Å². The van der Waals surface area contributed by atoms with Gasteiger partial charge in [-0.1, -0.05) is 13.3 Å². The minimum absolute atomic E-state index is 0.0430. The Bertz CT molecular complexity index is 247. The second kappa shape index (κ2) is 8.12. The van der Waals surface area contributed by atoms with Crippen molar-refractivity contribution in [1.29, 1.82) is 5.26 Å². The highest BCUT2D eigenvalue weighted by molar-refractivity contribution is 5.81. The van der Waals surface area contributed by atoms with Crippen LogP contribution < -0.4 is 5.32 Å². The third-order valence-corrected chi connectivity index (χ3v) is 2.73. The predicted molar refractivity (Wildman–Crippen MR) is 64.8 cm³/mol. The van der Waals surface area contributed by atoms with Gasteiger partial charge in [-0.25, -0.2) is 0 Å². The number of nitriles is 1. The van der Waals surface area contributed by atoms with Crippen molar-refractivity contribution in [3.8, 4) is 6.07 Å². The maximum atomic E-state index is 11.8. The van der Waals surface area contributed by atoms with Gasteiger partial charge in [-0.05, 0) is 27.3 Å². The summed E-state index contributed by atoms with van der Waals surface area (Å²) in [6.45, 7) is 6.62. The lowest BCUT2D eigenvalue weighted by molar-refractivity contribution is -0.126. The highest BCUT2D eigenvalue weighted by atomic mass is 16.2. The first-order valence-electron chi connectivity index (χ1n) is 5.90. The fourth-order valence-corrected chi connectivity index (χ4v) is 1.49. The van der Waals surface area contributed by atoms with E-state index in [9.17, 15) is 4.79 Å². The molecule has 0 fully saturated rings. The standard InChI is InChI=1S/C12H23N3O/c1-5-7-10(2)14-12(16)11(3)15(4)9-6-8-13/h10-11H,5-7,9H2,1-4H3,(H,14,16). The molecule has 0 aliphatic carbocycles. The number of nitrogens with one attached hydrogen (secondary N) is 1. The number of likely N-dealkylation sites (N-methyl/N-ethyl adjacent to an activating group) is 1. The molecule has 0 saturated carbocycles. The molecule has 0 aromatic heterocycles. The Morgan fingerprint density at radius 1 is 1.50 bits per heavy atom. The summed E-state index contributed by atoms with van der Waals surface area (Å²) in [7, 11) is 1.87. The van der Waals surface area contributed by atoms with Gasteiger partial charge in [-0.2, -0.15) is 5.26 Å². The van der Waals surface area contributed by atoms with Gasteiger partial charge < -0.3 is 5.32 Å². The van der Waals surface area contributed by atoms with E-state index in [0.717, 1.165) is 12.8 Å². The maximum Gasteiger partial charge on any atom is 0.237 e. The molecular weight excluding hydrogens is 202 g/mol. The van der Waals surface area contributed by atoms with E-state index in [1.54, 1.807) is 0 Å². The molecule has 4 nitrogen and oxygen atoms in total. The summed E-state index contributed by atoms with van der Waals surface area (Å²) in [6.07, 6.45) is 2.53. The fraction of sp³-hybridized carbons (Fsp3) is 0.833. The lowest BCUT2D eigenvalue weighted by Gasteiger charge is -2.24. The Kier molecular flexibility index (Phi) is 7.57. The molecule has 0 heterocycles. The van der Waals surface area contributed by atoms with E-state index in [1.807, 2.05) is 25.8 Å². The van der Waals surface area contributed by atoms with Crippen LogP contribution in [0, 0.1) is 11.3 Å². The molecule has 2 unspecified atom stereocenters. The number of hydrogen-bond donors (Lipinski definition) is 1. The summed E-state index contributed by atoms with van der Waals surface area (Å²) in [4.78, 5) is 13.7. The zero-order chi connectivity index (χ0) is 12.6. The van der Waals surface area contributed by atoms with Crippen LogP contribution in [0.4, 0.5) is 0 Å². The minimum atomic E-state index is -0.173. The second-order valence-corrected chi connectivity index (χ2v) is 4.26. The molecule has 0 bridgehead atoms. The van der Waals surface area contributed by atoms with E-state index >= 15 is 0 Å². The van der Waals surface area contributed by atoms with Crippen LogP contribution in [0.3, 0.4) is 0 Å². The summed E-state index contributed by atoms with van der Waals surface area (Å²) in [5, 5.41) is 11.4. The molecule has 1 amide bonds. The predicted octanol–water partition coefficient (Wildman–Crippen LogP) is 1.53. The molecule has 0 aromatic carbocycles. The van der Waals surface area contributed by atoms with E-state index in [4.69, 9.17) is 5.26 Å². The van der Waals surface area contributed by atoms with Crippen molar-refractivity contribution in [2.45, 2.75) is 52.1 Å². The summed E-state index contributed by atoms with van der Waals surface area (Å²) in [5.74, 6) is 0.0430. The summed E-state index contributed by atoms with van der Waals surface area (Å²) >= 11 is 0. The average Bonchev–Trinajstić information content (AvgIpc) is 2.24. The SMILES string of the molecule is CCCC(C)NC(=O)C(C)N(C)CCC#N. The topological polar surface area (TPSA) is 56.1 Å². The Balaban J connectivity index is 4.02. The van der Waals surface area contributed by atoms with Crippen LogP contribution in [0.5, 0.6) is 0 Å². The molecule has 16 heavy (non-hydrogen) atoms. The van der Waals surface area contributed by atoms with Crippen molar-refractivity contribution in [2.24, 2.45) is 0 Å². The molecule has 0 aromatic rings. The molecule has 0 aliphatic rings. The van der Waals surface area contributed by atoms with Gasteiger partial charge in [-0.15, -0.1) is 0 Å². The molecule has 2 atom stereocenters. The van der Waals surface area contributed by atoms with Gasteiger partial charge in [0, 0.05) is 19.0 Å². The highest BCUT2D eigenvalue weighted by Crippen LogP contribution is 2.00. The largest absolute Gasteiger partial charge is 0.352 e. The van der Waals surface area contributed by atoms with E-state index in [1.165, 1.54) is 0 Å². The normalized spacial score (nSPS) is 14.2. The molecule has 0 radical (unpaired) electrons. The van der Waals surface area contributed by atoms with Gasteiger partial charge >= 0.3 is 0 Å². The van der Waals surface area contributed by atoms with Crippen molar-refractivity contribution in [3.05, 3.63) is 0 Å². The smallest absolute Gasteiger partial charge is 0.237 e. The molecule has 4 heteroatoms. The number of rotatable bonds is 7. The summed E-state index contributed by atoms with van der Waals surface area (Å²) < 4.78 is 0. The number of hydrogen-bond acceptors (Lipinski definition) is 3. The molecule has 0 saturated heterocycles. The lowest BCUT2D eigenvalue weighted by Crippen LogP contribution is -2.46. The lowest BCUT2D eigenvalue weighted by atomic mass is 10.2. The summed E-state index contributed by atoms with van der Waals surface area (Å²) in [5.41, 5.74) is 0. The van der Waals surface area contributed by atoms with Crippen molar-refractivity contribution < 1.29 is 4.79 Å². The first-order chi connectivity index (χ1) is 7.52. The van der Waals surface area contributed by atoms with Crippen molar-refractivity contribution in [2.75, 3.05) is 13.6 Å². The second-order valence-electron chi connectivity index (χ2n) is 4.26. The number of carbonyl (C=O) groups is 1.